The van der Waals surface area contributed by atoms with Gasteiger partial charge in [-0.05, 0) is 39.7 Å². The van der Waals surface area contributed by atoms with E-state index >= 15 is 0 Å². The molecule has 6 heteroatoms. The molecule has 1 fully saturated rings. The number of carbonyl (C=O) groups excluding carboxylic acids is 1. The standard InChI is InChI=1S/C16H21N3O3/c1-16(2,3)22-15(20)19-8-4-5-13(11-19)21-14-9-12(10-17)6-7-18-14/h6-7,9,13H,4-5,8,11H2,1-3H3/t13-/m1/s1. The highest BCUT2D eigenvalue weighted by molar-refractivity contribution is 5.68. The van der Waals surface area contributed by atoms with Crippen molar-refractivity contribution in [3.8, 4) is 11.9 Å². The number of pyridine rings is 1. The Balaban J connectivity index is 1.96. The molecule has 1 atom stereocenters. The Morgan fingerprint density at radius 3 is 2.95 bits per heavy atom. The minimum atomic E-state index is -0.506. The lowest BCUT2D eigenvalue weighted by Gasteiger charge is -2.33. The Morgan fingerprint density at radius 1 is 1.50 bits per heavy atom. The Morgan fingerprint density at radius 2 is 2.27 bits per heavy atom. The van der Waals surface area contributed by atoms with E-state index in [1.54, 1.807) is 23.2 Å². The second-order valence-electron chi connectivity index (χ2n) is 6.30. The lowest BCUT2D eigenvalue weighted by atomic mass is 10.1. The summed E-state index contributed by atoms with van der Waals surface area (Å²) in [6.07, 6.45) is 2.78. The van der Waals surface area contributed by atoms with E-state index in [1.165, 1.54) is 0 Å². The first-order valence-corrected chi connectivity index (χ1v) is 7.38. The first kappa shape index (κ1) is 16.1. The number of carbonyl (C=O) groups is 1. The van der Waals surface area contributed by atoms with Crippen LogP contribution in [0.2, 0.25) is 0 Å². The first-order chi connectivity index (χ1) is 10.4. The van der Waals surface area contributed by atoms with Crippen LogP contribution in [0, 0.1) is 11.3 Å². The maximum absolute atomic E-state index is 12.1. The fourth-order valence-corrected chi connectivity index (χ4v) is 2.24. The molecule has 1 aromatic rings. The van der Waals surface area contributed by atoms with Crippen LogP contribution in [0.3, 0.4) is 0 Å². The summed E-state index contributed by atoms with van der Waals surface area (Å²) in [5, 5.41) is 8.89. The molecule has 0 N–H and O–H groups in total. The number of piperidine rings is 1. The van der Waals surface area contributed by atoms with Gasteiger partial charge in [0.15, 0.2) is 0 Å². The zero-order valence-electron chi connectivity index (χ0n) is 13.2. The number of ether oxygens (including phenoxy) is 2. The number of rotatable bonds is 2. The molecular formula is C16H21N3O3. The summed E-state index contributed by atoms with van der Waals surface area (Å²) >= 11 is 0. The molecule has 1 aliphatic heterocycles. The SMILES string of the molecule is CC(C)(C)OC(=O)N1CCC[C@@H](Oc2cc(C#N)ccn2)C1. The molecule has 6 nitrogen and oxygen atoms in total. The van der Waals surface area contributed by atoms with E-state index in [4.69, 9.17) is 14.7 Å². The van der Waals surface area contributed by atoms with Crippen LogP contribution in [0.5, 0.6) is 5.88 Å². The molecule has 0 unspecified atom stereocenters. The highest BCUT2D eigenvalue weighted by atomic mass is 16.6. The van der Waals surface area contributed by atoms with E-state index in [-0.39, 0.29) is 12.2 Å². The van der Waals surface area contributed by atoms with E-state index in [0.717, 1.165) is 12.8 Å². The van der Waals surface area contributed by atoms with Crippen LogP contribution in [-0.2, 0) is 4.74 Å². The van der Waals surface area contributed by atoms with Gasteiger partial charge in [-0.2, -0.15) is 5.26 Å². The topological polar surface area (TPSA) is 75.4 Å². The van der Waals surface area contributed by atoms with Crippen molar-refractivity contribution in [3.63, 3.8) is 0 Å². The van der Waals surface area contributed by atoms with Crippen LogP contribution in [0.25, 0.3) is 0 Å². The number of hydrogen-bond acceptors (Lipinski definition) is 5. The normalized spacial score (nSPS) is 18.5. The average molecular weight is 303 g/mol. The zero-order chi connectivity index (χ0) is 16.2. The van der Waals surface area contributed by atoms with Crippen LogP contribution >= 0.6 is 0 Å². The molecule has 1 aliphatic rings. The Kier molecular flexibility index (Phi) is 4.86. The third-order valence-corrected chi connectivity index (χ3v) is 3.18. The van der Waals surface area contributed by atoms with Crippen molar-refractivity contribution in [1.29, 1.82) is 5.26 Å². The number of nitrogens with zero attached hydrogens (tertiary/aromatic N) is 3. The molecule has 2 heterocycles. The second-order valence-corrected chi connectivity index (χ2v) is 6.30. The minimum absolute atomic E-state index is 0.136. The molecule has 0 radical (unpaired) electrons. The summed E-state index contributed by atoms with van der Waals surface area (Å²) < 4.78 is 11.2. The van der Waals surface area contributed by atoms with E-state index in [1.807, 2.05) is 20.8 Å². The van der Waals surface area contributed by atoms with Crippen molar-refractivity contribution < 1.29 is 14.3 Å². The summed E-state index contributed by atoms with van der Waals surface area (Å²) in [4.78, 5) is 17.9. The predicted molar refractivity (Wildman–Crippen MR) is 80.4 cm³/mol. The van der Waals surface area contributed by atoms with Crippen molar-refractivity contribution in [3.05, 3.63) is 23.9 Å². The molecule has 0 saturated carbocycles. The van der Waals surface area contributed by atoms with Crippen LogP contribution in [-0.4, -0.2) is 40.8 Å². The van der Waals surface area contributed by atoms with Gasteiger partial charge in [0.2, 0.25) is 5.88 Å². The molecular weight excluding hydrogens is 282 g/mol. The van der Waals surface area contributed by atoms with Gasteiger partial charge in [0, 0.05) is 18.8 Å². The van der Waals surface area contributed by atoms with Gasteiger partial charge < -0.3 is 14.4 Å². The molecule has 0 spiro atoms. The third kappa shape index (κ3) is 4.62. The smallest absolute Gasteiger partial charge is 0.410 e. The molecule has 2 rings (SSSR count). The summed E-state index contributed by atoms with van der Waals surface area (Å²) in [6.45, 7) is 6.67. The fraction of sp³-hybridized carbons (Fsp3) is 0.562. The van der Waals surface area contributed by atoms with Crippen molar-refractivity contribution >= 4 is 6.09 Å². The number of nitriles is 1. The molecule has 1 amide bonds. The molecule has 0 bridgehead atoms. The number of amides is 1. The number of aromatic nitrogens is 1. The van der Waals surface area contributed by atoms with Gasteiger partial charge in [0.25, 0.3) is 0 Å². The van der Waals surface area contributed by atoms with Crippen LogP contribution in [0.4, 0.5) is 4.79 Å². The zero-order valence-corrected chi connectivity index (χ0v) is 13.2. The molecule has 0 aromatic carbocycles. The van der Waals surface area contributed by atoms with Gasteiger partial charge in [-0.15, -0.1) is 0 Å². The fourth-order valence-electron chi connectivity index (χ4n) is 2.24. The number of likely N-dealkylation sites (tertiary alicyclic amines) is 1. The van der Waals surface area contributed by atoms with Gasteiger partial charge in [-0.1, -0.05) is 0 Å². The average Bonchev–Trinajstić information content (AvgIpc) is 2.46. The second kappa shape index (κ2) is 6.65. The van der Waals surface area contributed by atoms with Crippen LogP contribution in [0.1, 0.15) is 39.2 Å². The van der Waals surface area contributed by atoms with Crippen molar-refractivity contribution in [2.45, 2.75) is 45.3 Å². The monoisotopic (exact) mass is 303 g/mol. The Hall–Kier alpha value is -2.29. The van der Waals surface area contributed by atoms with Gasteiger partial charge in [-0.25, -0.2) is 9.78 Å². The highest BCUT2D eigenvalue weighted by Crippen LogP contribution is 2.19. The van der Waals surface area contributed by atoms with Crippen LogP contribution in [0.15, 0.2) is 18.3 Å². The van der Waals surface area contributed by atoms with Gasteiger partial charge in [0.1, 0.15) is 11.7 Å². The summed E-state index contributed by atoms with van der Waals surface area (Å²) in [7, 11) is 0. The molecule has 0 aliphatic carbocycles. The predicted octanol–water partition coefficient (Wildman–Crippen LogP) is 2.73. The van der Waals surface area contributed by atoms with E-state index in [9.17, 15) is 4.79 Å². The molecule has 1 aromatic heterocycles. The van der Waals surface area contributed by atoms with E-state index in [0.29, 0.717) is 24.5 Å². The Bertz CT molecular complexity index is 575. The van der Waals surface area contributed by atoms with Gasteiger partial charge in [0.05, 0.1) is 18.2 Å². The third-order valence-electron chi connectivity index (χ3n) is 3.18. The maximum atomic E-state index is 12.1. The van der Waals surface area contributed by atoms with Crippen molar-refractivity contribution in [2.24, 2.45) is 0 Å². The quantitative estimate of drug-likeness (QED) is 0.839. The molecule has 1 saturated heterocycles. The summed E-state index contributed by atoms with van der Waals surface area (Å²) in [6, 6.07) is 5.28. The maximum Gasteiger partial charge on any atom is 0.410 e. The summed E-state index contributed by atoms with van der Waals surface area (Å²) in [5.41, 5.74) is -0.00193. The van der Waals surface area contributed by atoms with Gasteiger partial charge in [-0.3, -0.25) is 0 Å². The van der Waals surface area contributed by atoms with E-state index in [2.05, 4.69) is 11.1 Å². The van der Waals surface area contributed by atoms with Crippen molar-refractivity contribution in [1.82, 2.24) is 9.88 Å². The lowest BCUT2D eigenvalue weighted by molar-refractivity contribution is 0.00722. The Labute approximate surface area is 130 Å². The molecule has 22 heavy (non-hydrogen) atoms. The molecule has 118 valence electrons. The number of hydrogen-bond donors (Lipinski definition) is 0. The van der Waals surface area contributed by atoms with E-state index < -0.39 is 5.60 Å². The highest BCUT2D eigenvalue weighted by Gasteiger charge is 2.28. The lowest BCUT2D eigenvalue weighted by Crippen LogP contribution is -2.46. The summed E-state index contributed by atoms with van der Waals surface area (Å²) in [5.74, 6) is 0.412. The first-order valence-electron chi connectivity index (χ1n) is 7.38. The largest absolute Gasteiger partial charge is 0.472 e. The van der Waals surface area contributed by atoms with Gasteiger partial charge >= 0.3 is 6.09 Å². The van der Waals surface area contributed by atoms with Crippen LogP contribution < -0.4 is 4.74 Å². The van der Waals surface area contributed by atoms with Crippen molar-refractivity contribution in [2.75, 3.05) is 13.1 Å². The minimum Gasteiger partial charge on any atom is -0.472 e.